The summed E-state index contributed by atoms with van der Waals surface area (Å²) in [7, 11) is 0. The van der Waals surface area contributed by atoms with Gasteiger partial charge in [-0.15, -0.1) is 0 Å². The topological polar surface area (TPSA) is 15.3 Å². The second-order valence-electron chi connectivity index (χ2n) is 6.47. The summed E-state index contributed by atoms with van der Waals surface area (Å²) in [6.07, 6.45) is 2.48. The SMILES string of the molecule is CC(C)CC1CN(Cc2ccc(Cl)cc2)C(C)CCN1. The minimum absolute atomic E-state index is 0.618. The molecule has 1 aliphatic rings. The average Bonchev–Trinajstić information content (AvgIpc) is 2.54. The van der Waals surface area contributed by atoms with E-state index in [9.17, 15) is 0 Å². The van der Waals surface area contributed by atoms with Crippen LogP contribution in [-0.4, -0.2) is 30.1 Å². The first-order chi connectivity index (χ1) is 9.54. The monoisotopic (exact) mass is 294 g/mol. The van der Waals surface area contributed by atoms with Crippen molar-refractivity contribution in [3.63, 3.8) is 0 Å². The molecule has 3 heteroatoms. The molecule has 1 aromatic carbocycles. The van der Waals surface area contributed by atoms with Crippen LogP contribution in [0, 0.1) is 5.92 Å². The summed E-state index contributed by atoms with van der Waals surface area (Å²) >= 11 is 5.97. The van der Waals surface area contributed by atoms with Gasteiger partial charge in [-0.1, -0.05) is 37.6 Å². The lowest BCUT2D eigenvalue weighted by Gasteiger charge is -2.29. The van der Waals surface area contributed by atoms with E-state index in [2.05, 4.69) is 43.1 Å². The van der Waals surface area contributed by atoms with E-state index in [0.29, 0.717) is 12.1 Å². The van der Waals surface area contributed by atoms with Crippen LogP contribution in [0.5, 0.6) is 0 Å². The first-order valence-electron chi connectivity index (χ1n) is 7.76. The Hall–Kier alpha value is -0.570. The molecule has 1 heterocycles. The van der Waals surface area contributed by atoms with Gasteiger partial charge in [-0.2, -0.15) is 0 Å². The van der Waals surface area contributed by atoms with Crippen molar-refractivity contribution in [3.05, 3.63) is 34.9 Å². The summed E-state index contributed by atoms with van der Waals surface area (Å²) in [6, 6.07) is 9.52. The largest absolute Gasteiger partial charge is 0.313 e. The molecule has 2 atom stereocenters. The zero-order chi connectivity index (χ0) is 14.5. The van der Waals surface area contributed by atoms with Crippen molar-refractivity contribution < 1.29 is 0 Å². The normalized spacial score (nSPS) is 24.9. The number of rotatable bonds is 4. The Kier molecular flexibility index (Phi) is 5.88. The van der Waals surface area contributed by atoms with Crippen molar-refractivity contribution in [2.75, 3.05) is 13.1 Å². The molecule has 0 radical (unpaired) electrons. The average molecular weight is 295 g/mol. The summed E-state index contributed by atoms with van der Waals surface area (Å²) in [5, 5.41) is 4.52. The van der Waals surface area contributed by atoms with Gasteiger partial charge in [0.2, 0.25) is 0 Å². The summed E-state index contributed by atoms with van der Waals surface area (Å²) in [4.78, 5) is 2.61. The molecule has 1 fully saturated rings. The molecule has 0 bridgehead atoms. The maximum atomic E-state index is 5.97. The molecular weight excluding hydrogens is 268 g/mol. The molecule has 20 heavy (non-hydrogen) atoms. The maximum absolute atomic E-state index is 5.97. The minimum atomic E-state index is 0.618. The third-order valence-corrected chi connectivity index (χ3v) is 4.38. The molecule has 2 unspecified atom stereocenters. The molecule has 2 nitrogen and oxygen atoms in total. The molecule has 1 aromatic rings. The number of nitrogens with one attached hydrogen (secondary N) is 1. The van der Waals surface area contributed by atoms with E-state index in [0.717, 1.165) is 30.6 Å². The fourth-order valence-electron chi connectivity index (χ4n) is 2.98. The van der Waals surface area contributed by atoms with E-state index in [4.69, 9.17) is 11.6 Å². The van der Waals surface area contributed by atoms with Crippen LogP contribution in [0.4, 0.5) is 0 Å². The Morgan fingerprint density at radius 3 is 2.65 bits per heavy atom. The highest BCUT2D eigenvalue weighted by atomic mass is 35.5. The Morgan fingerprint density at radius 2 is 2.00 bits per heavy atom. The lowest BCUT2D eigenvalue weighted by atomic mass is 10.0. The fourth-order valence-corrected chi connectivity index (χ4v) is 3.10. The Balaban J connectivity index is 2.00. The summed E-state index contributed by atoms with van der Waals surface area (Å²) in [5.74, 6) is 0.748. The Labute approximate surface area is 128 Å². The quantitative estimate of drug-likeness (QED) is 0.905. The Morgan fingerprint density at radius 1 is 1.30 bits per heavy atom. The van der Waals surface area contributed by atoms with Gasteiger partial charge in [-0.25, -0.2) is 0 Å². The maximum Gasteiger partial charge on any atom is 0.0406 e. The van der Waals surface area contributed by atoms with Crippen molar-refractivity contribution >= 4 is 11.6 Å². The third kappa shape index (κ3) is 4.76. The number of halogens is 1. The second kappa shape index (κ2) is 7.44. The molecule has 112 valence electrons. The van der Waals surface area contributed by atoms with Gasteiger partial charge in [0.25, 0.3) is 0 Å². The van der Waals surface area contributed by atoms with E-state index >= 15 is 0 Å². The molecule has 0 aliphatic carbocycles. The van der Waals surface area contributed by atoms with Gasteiger partial charge in [-0.3, -0.25) is 4.90 Å². The van der Waals surface area contributed by atoms with E-state index in [1.54, 1.807) is 0 Å². The second-order valence-corrected chi connectivity index (χ2v) is 6.91. The van der Waals surface area contributed by atoms with Crippen LogP contribution in [-0.2, 0) is 6.54 Å². The van der Waals surface area contributed by atoms with Gasteiger partial charge in [0.15, 0.2) is 0 Å². The summed E-state index contributed by atoms with van der Waals surface area (Å²) in [5.41, 5.74) is 1.35. The van der Waals surface area contributed by atoms with Gasteiger partial charge < -0.3 is 5.32 Å². The molecule has 0 saturated carbocycles. The van der Waals surface area contributed by atoms with Crippen molar-refractivity contribution in [3.8, 4) is 0 Å². The van der Waals surface area contributed by atoms with Gasteiger partial charge in [0.1, 0.15) is 0 Å². The van der Waals surface area contributed by atoms with Gasteiger partial charge in [0, 0.05) is 30.2 Å². The van der Waals surface area contributed by atoms with Crippen molar-refractivity contribution in [1.29, 1.82) is 0 Å². The van der Waals surface area contributed by atoms with Crippen LogP contribution in [0.1, 0.15) is 39.2 Å². The van der Waals surface area contributed by atoms with Crippen LogP contribution in [0.15, 0.2) is 24.3 Å². The van der Waals surface area contributed by atoms with Crippen LogP contribution in [0.3, 0.4) is 0 Å². The molecule has 2 rings (SSSR count). The number of hydrogen-bond donors (Lipinski definition) is 1. The van der Waals surface area contributed by atoms with Crippen molar-refractivity contribution in [2.24, 2.45) is 5.92 Å². The highest BCUT2D eigenvalue weighted by Crippen LogP contribution is 2.18. The first-order valence-corrected chi connectivity index (χ1v) is 8.14. The highest BCUT2D eigenvalue weighted by molar-refractivity contribution is 6.30. The molecule has 1 saturated heterocycles. The smallest absolute Gasteiger partial charge is 0.0406 e. The predicted molar refractivity (Wildman–Crippen MR) is 87.2 cm³/mol. The van der Waals surface area contributed by atoms with E-state index in [1.807, 2.05) is 12.1 Å². The summed E-state index contributed by atoms with van der Waals surface area (Å²) < 4.78 is 0. The molecule has 0 spiro atoms. The van der Waals surface area contributed by atoms with Crippen LogP contribution in [0.2, 0.25) is 5.02 Å². The zero-order valence-electron chi connectivity index (χ0n) is 12.9. The molecule has 0 aromatic heterocycles. The molecule has 1 aliphatic heterocycles. The first kappa shape index (κ1) is 15.8. The highest BCUT2D eigenvalue weighted by Gasteiger charge is 2.23. The lowest BCUT2D eigenvalue weighted by Crippen LogP contribution is -2.40. The van der Waals surface area contributed by atoms with Gasteiger partial charge in [-0.05, 0) is 49.9 Å². The van der Waals surface area contributed by atoms with E-state index in [-0.39, 0.29) is 0 Å². The van der Waals surface area contributed by atoms with Crippen LogP contribution >= 0.6 is 11.6 Å². The number of nitrogens with zero attached hydrogens (tertiary/aromatic N) is 1. The minimum Gasteiger partial charge on any atom is -0.313 e. The lowest BCUT2D eigenvalue weighted by molar-refractivity contribution is 0.189. The van der Waals surface area contributed by atoms with E-state index in [1.165, 1.54) is 18.4 Å². The third-order valence-electron chi connectivity index (χ3n) is 4.13. The standard InChI is InChI=1S/C17H27ClN2/c1-13(2)10-17-12-20(14(3)8-9-19-17)11-15-4-6-16(18)7-5-15/h4-7,13-14,17,19H,8-12H2,1-3H3. The van der Waals surface area contributed by atoms with Crippen molar-refractivity contribution in [1.82, 2.24) is 10.2 Å². The molecular formula is C17H27ClN2. The van der Waals surface area contributed by atoms with Crippen molar-refractivity contribution in [2.45, 2.75) is 52.2 Å². The number of benzene rings is 1. The van der Waals surface area contributed by atoms with E-state index < -0.39 is 0 Å². The van der Waals surface area contributed by atoms with Gasteiger partial charge in [0.05, 0.1) is 0 Å². The van der Waals surface area contributed by atoms with Crippen LogP contribution < -0.4 is 5.32 Å². The molecule has 0 amide bonds. The zero-order valence-corrected chi connectivity index (χ0v) is 13.7. The summed E-state index contributed by atoms with van der Waals surface area (Å²) in [6.45, 7) is 10.3. The Bertz CT molecular complexity index is 402. The van der Waals surface area contributed by atoms with Gasteiger partial charge >= 0.3 is 0 Å². The number of hydrogen-bond acceptors (Lipinski definition) is 2. The fraction of sp³-hybridized carbons (Fsp3) is 0.647. The molecule has 1 N–H and O–H groups in total. The predicted octanol–water partition coefficient (Wildman–Crippen LogP) is 3.94. The van der Waals surface area contributed by atoms with Crippen LogP contribution in [0.25, 0.3) is 0 Å².